The number of rotatable bonds is 10. The molecule has 1 saturated carbocycles. The molecule has 0 spiro atoms. The van der Waals surface area contributed by atoms with Crippen molar-refractivity contribution in [2.24, 2.45) is 5.92 Å². The van der Waals surface area contributed by atoms with Gasteiger partial charge in [0.15, 0.2) is 0 Å². The molecule has 0 saturated heterocycles. The largest absolute Gasteiger partial charge is 0.314 e. The Hall–Kier alpha value is 0.110. The fourth-order valence-corrected chi connectivity index (χ4v) is 4.69. The van der Waals surface area contributed by atoms with Crippen molar-refractivity contribution in [3.8, 4) is 0 Å². The van der Waals surface area contributed by atoms with Gasteiger partial charge in [0.1, 0.15) is 0 Å². The van der Waals surface area contributed by atoms with E-state index in [0.29, 0.717) is 11.3 Å². The van der Waals surface area contributed by atoms with Gasteiger partial charge in [-0.15, -0.1) is 0 Å². The van der Waals surface area contributed by atoms with Crippen LogP contribution in [0.15, 0.2) is 0 Å². The Morgan fingerprint density at radius 1 is 1.20 bits per heavy atom. The lowest BCUT2D eigenvalue weighted by Gasteiger charge is -2.29. The highest BCUT2D eigenvalue weighted by Crippen LogP contribution is 2.23. The van der Waals surface area contributed by atoms with Crippen molar-refractivity contribution in [3.05, 3.63) is 0 Å². The topological polar surface area (TPSA) is 29.1 Å². The van der Waals surface area contributed by atoms with Gasteiger partial charge in [-0.1, -0.05) is 52.9 Å². The van der Waals surface area contributed by atoms with Crippen LogP contribution in [0.3, 0.4) is 0 Å². The lowest BCUT2D eigenvalue weighted by Crippen LogP contribution is -2.38. The van der Waals surface area contributed by atoms with E-state index in [-0.39, 0.29) is 0 Å². The lowest BCUT2D eigenvalue weighted by molar-refractivity contribution is 0.347. The van der Waals surface area contributed by atoms with Gasteiger partial charge in [-0.05, 0) is 38.1 Å². The quantitative estimate of drug-likeness (QED) is 0.653. The van der Waals surface area contributed by atoms with E-state index in [1.54, 1.807) is 0 Å². The number of hydrogen-bond donors (Lipinski definition) is 1. The first kappa shape index (κ1) is 18.2. The number of unbranched alkanes of at least 4 members (excludes halogenated alkanes) is 1. The van der Waals surface area contributed by atoms with Crippen LogP contribution in [0.25, 0.3) is 0 Å². The van der Waals surface area contributed by atoms with Gasteiger partial charge in [0.2, 0.25) is 0 Å². The predicted molar refractivity (Wildman–Crippen MR) is 90.7 cm³/mol. The van der Waals surface area contributed by atoms with E-state index in [4.69, 9.17) is 0 Å². The summed E-state index contributed by atoms with van der Waals surface area (Å²) in [4.78, 5) is 0. The molecule has 0 aromatic carbocycles. The molecule has 4 atom stereocenters. The average molecular weight is 302 g/mol. The maximum Gasteiger partial charge on any atom is 0.0362 e. The molecule has 0 heterocycles. The first-order valence-corrected chi connectivity index (χ1v) is 10.2. The molecule has 20 heavy (non-hydrogen) atoms. The molecule has 1 aliphatic rings. The Morgan fingerprint density at radius 3 is 2.65 bits per heavy atom. The van der Waals surface area contributed by atoms with Gasteiger partial charge >= 0.3 is 0 Å². The smallest absolute Gasteiger partial charge is 0.0362 e. The molecule has 1 N–H and O–H groups in total. The van der Waals surface area contributed by atoms with Gasteiger partial charge in [0.25, 0.3) is 0 Å². The van der Waals surface area contributed by atoms with E-state index in [2.05, 4.69) is 19.2 Å². The minimum Gasteiger partial charge on any atom is -0.314 e. The number of nitrogens with one attached hydrogen (secondary N) is 1. The molecule has 1 fully saturated rings. The van der Waals surface area contributed by atoms with Crippen molar-refractivity contribution < 1.29 is 4.21 Å². The molecule has 0 aliphatic heterocycles. The zero-order valence-corrected chi connectivity index (χ0v) is 14.6. The van der Waals surface area contributed by atoms with Crippen molar-refractivity contribution in [2.75, 3.05) is 12.3 Å². The van der Waals surface area contributed by atoms with Gasteiger partial charge in [-0.25, -0.2) is 0 Å². The highest BCUT2D eigenvalue weighted by atomic mass is 32.2. The Morgan fingerprint density at radius 2 is 2.00 bits per heavy atom. The summed E-state index contributed by atoms with van der Waals surface area (Å²) in [6.45, 7) is 7.80. The van der Waals surface area contributed by atoms with E-state index in [1.807, 2.05) is 6.92 Å². The van der Waals surface area contributed by atoms with E-state index in [1.165, 1.54) is 51.4 Å². The maximum absolute atomic E-state index is 11.9. The SMILES string of the molecule is CCCC[C@H](CC)CCN[C@@H]1CCC[C@H]([S@@](=O)CC)C1. The number of hydrogen-bond acceptors (Lipinski definition) is 2. The minimum absolute atomic E-state index is 0.452. The summed E-state index contributed by atoms with van der Waals surface area (Å²) >= 11 is 0. The zero-order chi connectivity index (χ0) is 14.8. The van der Waals surface area contributed by atoms with Gasteiger partial charge in [0.05, 0.1) is 0 Å². The maximum atomic E-state index is 11.9. The Bertz CT molecular complexity index is 270. The van der Waals surface area contributed by atoms with Crippen molar-refractivity contribution in [1.29, 1.82) is 0 Å². The van der Waals surface area contributed by atoms with Crippen molar-refractivity contribution in [2.45, 2.75) is 89.9 Å². The van der Waals surface area contributed by atoms with Crippen LogP contribution in [0, 0.1) is 5.92 Å². The van der Waals surface area contributed by atoms with Crippen LogP contribution in [0.4, 0.5) is 0 Å². The van der Waals surface area contributed by atoms with Crippen LogP contribution in [0.1, 0.15) is 78.6 Å². The standard InChI is InChI=1S/C17H35NOS/c1-4-7-9-15(5-2)12-13-18-16-10-8-11-17(14-16)20(19)6-3/h15-18H,4-14H2,1-3H3/t15-,16+,17-,20-/m0/s1. The van der Waals surface area contributed by atoms with E-state index in [9.17, 15) is 4.21 Å². The molecule has 1 rings (SSSR count). The van der Waals surface area contributed by atoms with Gasteiger partial charge in [0, 0.05) is 27.8 Å². The highest BCUT2D eigenvalue weighted by Gasteiger charge is 2.25. The van der Waals surface area contributed by atoms with Crippen molar-refractivity contribution in [1.82, 2.24) is 5.32 Å². The molecule has 0 bridgehead atoms. The summed E-state index contributed by atoms with van der Waals surface area (Å²) in [6.07, 6.45) is 11.5. The molecule has 0 aromatic heterocycles. The molecule has 120 valence electrons. The second kappa shape index (κ2) is 10.8. The second-order valence-electron chi connectivity index (χ2n) is 6.31. The Balaban J connectivity index is 2.21. The molecular weight excluding hydrogens is 266 g/mol. The summed E-state index contributed by atoms with van der Waals surface area (Å²) < 4.78 is 11.9. The average Bonchev–Trinajstić information content (AvgIpc) is 2.50. The normalized spacial score (nSPS) is 26.4. The van der Waals surface area contributed by atoms with Crippen LogP contribution in [-0.2, 0) is 10.8 Å². The highest BCUT2D eigenvalue weighted by molar-refractivity contribution is 7.85. The third-order valence-corrected chi connectivity index (χ3v) is 6.55. The van der Waals surface area contributed by atoms with Gasteiger partial charge in [-0.3, -0.25) is 4.21 Å². The summed E-state index contributed by atoms with van der Waals surface area (Å²) in [6, 6.07) is 0.618. The van der Waals surface area contributed by atoms with Crippen molar-refractivity contribution >= 4 is 10.8 Å². The van der Waals surface area contributed by atoms with Crippen LogP contribution in [0.2, 0.25) is 0 Å². The molecule has 3 heteroatoms. The summed E-state index contributed by atoms with van der Waals surface area (Å²) in [5.41, 5.74) is 0. The van der Waals surface area contributed by atoms with Crippen molar-refractivity contribution in [3.63, 3.8) is 0 Å². The molecule has 0 aromatic rings. The Kier molecular flexibility index (Phi) is 9.79. The van der Waals surface area contributed by atoms with Crippen LogP contribution < -0.4 is 5.32 Å². The van der Waals surface area contributed by atoms with E-state index in [0.717, 1.165) is 24.6 Å². The first-order valence-electron chi connectivity index (χ1n) is 8.81. The third-order valence-electron chi connectivity index (χ3n) is 4.81. The first-order chi connectivity index (χ1) is 9.71. The van der Waals surface area contributed by atoms with Crippen LogP contribution >= 0.6 is 0 Å². The zero-order valence-electron chi connectivity index (χ0n) is 13.8. The fourth-order valence-electron chi connectivity index (χ4n) is 3.34. The van der Waals surface area contributed by atoms with Gasteiger partial charge in [-0.2, -0.15) is 0 Å². The van der Waals surface area contributed by atoms with Crippen LogP contribution in [0.5, 0.6) is 0 Å². The third kappa shape index (κ3) is 6.71. The molecule has 2 nitrogen and oxygen atoms in total. The van der Waals surface area contributed by atoms with Crippen LogP contribution in [-0.4, -0.2) is 27.8 Å². The van der Waals surface area contributed by atoms with Gasteiger partial charge < -0.3 is 5.32 Å². The summed E-state index contributed by atoms with van der Waals surface area (Å²) in [7, 11) is -0.594. The minimum atomic E-state index is -0.594. The molecule has 0 amide bonds. The second-order valence-corrected chi connectivity index (χ2v) is 8.32. The summed E-state index contributed by atoms with van der Waals surface area (Å²) in [5.74, 6) is 1.72. The Labute approximate surface area is 128 Å². The summed E-state index contributed by atoms with van der Waals surface area (Å²) in [5, 5.41) is 4.19. The molecule has 0 unspecified atom stereocenters. The monoisotopic (exact) mass is 301 g/mol. The fraction of sp³-hybridized carbons (Fsp3) is 1.00. The molecule has 1 aliphatic carbocycles. The van der Waals surface area contributed by atoms with E-state index < -0.39 is 10.8 Å². The predicted octanol–water partition coefficient (Wildman–Crippen LogP) is 4.26. The lowest BCUT2D eigenvalue weighted by atomic mass is 9.93. The molecule has 0 radical (unpaired) electrons. The molecular formula is C17H35NOS. The van der Waals surface area contributed by atoms with E-state index >= 15 is 0 Å².